The number of amides is 1. The number of esters is 4. The zero-order valence-electron chi connectivity index (χ0n) is 17.2. The smallest absolute Gasteiger partial charge is 0.325 e. The second-order valence-electron chi connectivity index (χ2n) is 6.44. The lowest BCUT2D eigenvalue weighted by molar-refractivity contribution is -0.247. The SMILES string of the molecule is CCOC(=O)CNC(=O)CC1O[C@H](COC(C)=O)[C@@H](OC(C)=O)[C@H](OC(C)=O)[C@H]1O. The number of hydrogen-bond acceptors (Lipinski definition) is 11. The molecule has 1 aliphatic rings. The average Bonchev–Trinajstić information content (AvgIpc) is 2.63. The Bertz CT molecular complexity index is 650. The molecule has 0 aliphatic carbocycles. The van der Waals surface area contributed by atoms with E-state index in [0.29, 0.717) is 0 Å². The summed E-state index contributed by atoms with van der Waals surface area (Å²) in [6.07, 6.45) is -6.93. The van der Waals surface area contributed by atoms with Gasteiger partial charge in [0.15, 0.2) is 12.2 Å². The third-order valence-corrected chi connectivity index (χ3v) is 3.93. The van der Waals surface area contributed by atoms with Gasteiger partial charge in [0.2, 0.25) is 5.91 Å². The number of carbonyl (C=O) groups is 5. The fourth-order valence-corrected chi connectivity index (χ4v) is 2.80. The fourth-order valence-electron chi connectivity index (χ4n) is 2.80. The van der Waals surface area contributed by atoms with Crippen LogP contribution in [0.5, 0.6) is 0 Å². The Labute approximate surface area is 173 Å². The van der Waals surface area contributed by atoms with Crippen LogP contribution in [0.1, 0.15) is 34.1 Å². The molecule has 1 fully saturated rings. The number of nitrogens with one attached hydrogen (secondary N) is 1. The molecule has 170 valence electrons. The molecule has 1 aliphatic heterocycles. The third kappa shape index (κ3) is 8.33. The van der Waals surface area contributed by atoms with E-state index in [1.54, 1.807) is 6.92 Å². The molecule has 2 N–H and O–H groups in total. The van der Waals surface area contributed by atoms with E-state index in [-0.39, 0.29) is 19.8 Å². The Morgan fingerprint density at radius 1 is 0.900 bits per heavy atom. The van der Waals surface area contributed by atoms with Gasteiger partial charge in [-0.1, -0.05) is 0 Å². The molecule has 0 radical (unpaired) electrons. The van der Waals surface area contributed by atoms with E-state index in [2.05, 4.69) is 5.32 Å². The van der Waals surface area contributed by atoms with E-state index in [0.717, 1.165) is 20.8 Å². The van der Waals surface area contributed by atoms with Crippen LogP contribution in [0.4, 0.5) is 0 Å². The summed E-state index contributed by atoms with van der Waals surface area (Å²) in [7, 11) is 0. The zero-order valence-corrected chi connectivity index (χ0v) is 17.2. The first-order chi connectivity index (χ1) is 14.0. The summed E-state index contributed by atoms with van der Waals surface area (Å²) in [6.45, 7) is 4.36. The van der Waals surface area contributed by atoms with Crippen LogP contribution in [0.15, 0.2) is 0 Å². The summed E-state index contributed by atoms with van der Waals surface area (Å²) in [6, 6.07) is 0. The molecule has 0 bridgehead atoms. The van der Waals surface area contributed by atoms with E-state index in [1.165, 1.54) is 0 Å². The monoisotopic (exact) mass is 433 g/mol. The molecule has 5 atom stereocenters. The van der Waals surface area contributed by atoms with E-state index in [4.69, 9.17) is 23.7 Å². The second kappa shape index (κ2) is 12.1. The van der Waals surface area contributed by atoms with Crippen molar-refractivity contribution in [2.24, 2.45) is 0 Å². The highest BCUT2D eigenvalue weighted by Gasteiger charge is 2.50. The van der Waals surface area contributed by atoms with Gasteiger partial charge in [-0.3, -0.25) is 24.0 Å². The molecule has 0 aromatic rings. The van der Waals surface area contributed by atoms with Gasteiger partial charge in [0.05, 0.1) is 19.1 Å². The first-order valence-corrected chi connectivity index (χ1v) is 9.28. The summed E-state index contributed by atoms with van der Waals surface area (Å²) in [5, 5.41) is 12.9. The normalized spacial score (nSPS) is 25.6. The highest BCUT2D eigenvalue weighted by Crippen LogP contribution is 2.28. The van der Waals surface area contributed by atoms with Gasteiger partial charge in [-0.25, -0.2) is 0 Å². The maximum Gasteiger partial charge on any atom is 0.325 e. The number of hydrogen-bond donors (Lipinski definition) is 2. The van der Waals surface area contributed by atoms with Crippen LogP contribution < -0.4 is 5.32 Å². The number of aliphatic hydroxyl groups is 1. The molecule has 1 unspecified atom stereocenters. The molecule has 1 heterocycles. The Hall–Kier alpha value is -2.73. The average molecular weight is 433 g/mol. The van der Waals surface area contributed by atoms with Gasteiger partial charge in [-0.15, -0.1) is 0 Å². The van der Waals surface area contributed by atoms with Crippen LogP contribution in [0.25, 0.3) is 0 Å². The number of ether oxygens (including phenoxy) is 5. The van der Waals surface area contributed by atoms with Crippen molar-refractivity contribution in [1.29, 1.82) is 0 Å². The molecule has 30 heavy (non-hydrogen) atoms. The first kappa shape index (κ1) is 25.3. The number of carbonyl (C=O) groups excluding carboxylic acids is 5. The maximum absolute atomic E-state index is 12.1. The number of aliphatic hydroxyl groups excluding tert-OH is 1. The van der Waals surface area contributed by atoms with Crippen molar-refractivity contribution in [2.75, 3.05) is 19.8 Å². The summed E-state index contributed by atoms with van der Waals surface area (Å²) in [4.78, 5) is 57.6. The lowest BCUT2D eigenvalue weighted by Gasteiger charge is -2.43. The second-order valence-corrected chi connectivity index (χ2v) is 6.44. The van der Waals surface area contributed by atoms with Crippen LogP contribution in [0, 0.1) is 0 Å². The van der Waals surface area contributed by atoms with Crippen molar-refractivity contribution in [3.05, 3.63) is 0 Å². The van der Waals surface area contributed by atoms with Crippen LogP contribution >= 0.6 is 0 Å². The minimum absolute atomic E-state index is 0.151. The van der Waals surface area contributed by atoms with Gasteiger partial charge in [-0.2, -0.15) is 0 Å². The van der Waals surface area contributed by atoms with Crippen molar-refractivity contribution >= 4 is 29.8 Å². The van der Waals surface area contributed by atoms with Crippen molar-refractivity contribution in [3.8, 4) is 0 Å². The molecule has 1 saturated heterocycles. The molecule has 0 spiro atoms. The minimum Gasteiger partial charge on any atom is -0.465 e. The molecule has 1 rings (SSSR count). The third-order valence-electron chi connectivity index (χ3n) is 3.93. The van der Waals surface area contributed by atoms with Gasteiger partial charge in [0.25, 0.3) is 0 Å². The predicted octanol–water partition coefficient (Wildman–Crippen LogP) is -1.39. The highest BCUT2D eigenvalue weighted by molar-refractivity contribution is 5.82. The summed E-state index contributed by atoms with van der Waals surface area (Å²) < 4.78 is 25.5. The molecular weight excluding hydrogens is 406 g/mol. The molecule has 12 nitrogen and oxygen atoms in total. The van der Waals surface area contributed by atoms with Gasteiger partial charge in [-0.05, 0) is 6.92 Å². The number of rotatable bonds is 9. The summed E-state index contributed by atoms with van der Waals surface area (Å²) in [5.74, 6) is -3.44. The topological polar surface area (TPSA) is 164 Å². The van der Waals surface area contributed by atoms with E-state index >= 15 is 0 Å². The summed E-state index contributed by atoms with van der Waals surface area (Å²) in [5.41, 5.74) is 0. The van der Waals surface area contributed by atoms with Crippen molar-refractivity contribution in [2.45, 2.75) is 64.6 Å². The van der Waals surface area contributed by atoms with Crippen molar-refractivity contribution < 1.29 is 52.8 Å². The fraction of sp³-hybridized carbons (Fsp3) is 0.722. The van der Waals surface area contributed by atoms with E-state index < -0.39 is 66.7 Å². The highest BCUT2D eigenvalue weighted by atomic mass is 16.6. The van der Waals surface area contributed by atoms with E-state index in [9.17, 15) is 29.1 Å². The molecule has 0 aromatic carbocycles. The Morgan fingerprint density at radius 2 is 1.50 bits per heavy atom. The predicted molar refractivity (Wildman–Crippen MR) is 96.7 cm³/mol. The van der Waals surface area contributed by atoms with Crippen LogP contribution in [-0.4, -0.2) is 85.2 Å². The Kier molecular flexibility index (Phi) is 10.2. The minimum atomic E-state index is -1.54. The van der Waals surface area contributed by atoms with Crippen LogP contribution in [0.3, 0.4) is 0 Å². The quantitative estimate of drug-likeness (QED) is 0.325. The first-order valence-electron chi connectivity index (χ1n) is 9.28. The van der Waals surface area contributed by atoms with Gasteiger partial charge < -0.3 is 34.1 Å². The molecule has 0 aromatic heterocycles. The Balaban J connectivity index is 2.96. The van der Waals surface area contributed by atoms with Crippen molar-refractivity contribution in [3.63, 3.8) is 0 Å². The summed E-state index contributed by atoms with van der Waals surface area (Å²) >= 11 is 0. The van der Waals surface area contributed by atoms with Crippen molar-refractivity contribution in [1.82, 2.24) is 5.32 Å². The molecule has 1 amide bonds. The largest absolute Gasteiger partial charge is 0.465 e. The van der Waals surface area contributed by atoms with Crippen LogP contribution in [0.2, 0.25) is 0 Å². The maximum atomic E-state index is 12.1. The molecule has 12 heteroatoms. The Morgan fingerprint density at radius 3 is 2.03 bits per heavy atom. The molecular formula is C18H27NO11. The lowest BCUT2D eigenvalue weighted by Crippen LogP contribution is -2.61. The van der Waals surface area contributed by atoms with Gasteiger partial charge >= 0.3 is 23.9 Å². The zero-order chi connectivity index (χ0) is 22.8. The van der Waals surface area contributed by atoms with Gasteiger partial charge in [0, 0.05) is 20.8 Å². The van der Waals surface area contributed by atoms with Gasteiger partial charge in [0.1, 0.15) is 25.4 Å². The standard InChI is InChI=1S/C18H27NO11/c1-5-26-15(24)7-19-14(23)6-12-16(25)18(29-11(4)22)17(28-10(3)21)13(30-12)8-27-9(2)20/h12-13,16-18,25H,5-8H2,1-4H3,(H,19,23)/t12?,13-,16+,17-,18-/m1/s1. The van der Waals surface area contributed by atoms with E-state index in [1.807, 2.05) is 0 Å². The molecule has 0 saturated carbocycles. The van der Waals surface area contributed by atoms with Crippen LogP contribution in [-0.2, 0) is 47.7 Å². The lowest BCUT2D eigenvalue weighted by atomic mass is 9.92.